The van der Waals surface area contributed by atoms with E-state index < -0.39 is 0 Å². The Labute approximate surface area is 186 Å². The van der Waals surface area contributed by atoms with Crippen molar-refractivity contribution in [3.05, 3.63) is 23.8 Å². The normalized spacial score (nSPS) is 22.8. The van der Waals surface area contributed by atoms with Crippen LogP contribution in [0, 0.1) is 11.8 Å². The summed E-state index contributed by atoms with van der Waals surface area (Å²) in [6.07, 6.45) is 1.61. The lowest BCUT2D eigenvalue weighted by molar-refractivity contribution is -0.149. The number of carbonyl (C=O) groups is 3. The van der Waals surface area contributed by atoms with Crippen LogP contribution >= 0.6 is 12.2 Å². The summed E-state index contributed by atoms with van der Waals surface area (Å²) in [6.45, 7) is 0.107. The van der Waals surface area contributed by atoms with E-state index in [9.17, 15) is 14.4 Å². The molecule has 1 aromatic carbocycles. The Hall–Kier alpha value is -2.88. The molecule has 31 heavy (non-hydrogen) atoms. The number of amides is 2. The van der Waals surface area contributed by atoms with Gasteiger partial charge in [-0.25, -0.2) is 0 Å². The second kappa shape index (κ2) is 9.95. The first-order valence-corrected chi connectivity index (χ1v) is 10.5. The SMILES string of the molecule is COC(=O)C1CCC2C(=O)N(CC(=O)NCc3ccc(OC)c(OC)c3)C(=S)NC2C1. The predicted octanol–water partition coefficient (Wildman–Crippen LogP) is 0.995. The van der Waals surface area contributed by atoms with Gasteiger partial charge in [-0.15, -0.1) is 0 Å². The second-order valence-corrected chi connectivity index (χ2v) is 7.97. The molecule has 1 saturated carbocycles. The van der Waals surface area contributed by atoms with E-state index in [0.717, 1.165) is 5.56 Å². The quantitative estimate of drug-likeness (QED) is 0.469. The van der Waals surface area contributed by atoms with Gasteiger partial charge in [-0.2, -0.15) is 0 Å². The number of fused-ring (bicyclic) bond motifs is 1. The van der Waals surface area contributed by atoms with E-state index in [1.807, 2.05) is 6.07 Å². The van der Waals surface area contributed by atoms with Crippen LogP contribution in [-0.4, -0.2) is 61.7 Å². The van der Waals surface area contributed by atoms with Crippen LogP contribution in [-0.2, 0) is 25.7 Å². The minimum atomic E-state index is -0.325. The molecule has 0 radical (unpaired) electrons. The Bertz CT molecular complexity index is 877. The van der Waals surface area contributed by atoms with Gasteiger partial charge >= 0.3 is 5.97 Å². The number of nitrogens with one attached hydrogen (secondary N) is 2. The Morgan fingerprint density at radius 2 is 1.94 bits per heavy atom. The van der Waals surface area contributed by atoms with Crippen LogP contribution in [0.1, 0.15) is 24.8 Å². The van der Waals surface area contributed by atoms with Gasteiger partial charge in [0.15, 0.2) is 16.6 Å². The predicted molar refractivity (Wildman–Crippen MR) is 115 cm³/mol. The second-order valence-electron chi connectivity index (χ2n) is 7.59. The van der Waals surface area contributed by atoms with Crippen molar-refractivity contribution in [2.75, 3.05) is 27.9 Å². The van der Waals surface area contributed by atoms with Gasteiger partial charge in [0.1, 0.15) is 6.54 Å². The van der Waals surface area contributed by atoms with E-state index in [4.69, 9.17) is 26.4 Å². The highest BCUT2D eigenvalue weighted by Crippen LogP contribution is 2.33. The summed E-state index contributed by atoms with van der Waals surface area (Å²) in [5.41, 5.74) is 0.831. The van der Waals surface area contributed by atoms with Gasteiger partial charge < -0.3 is 24.8 Å². The van der Waals surface area contributed by atoms with E-state index in [1.54, 1.807) is 26.4 Å². The summed E-state index contributed by atoms with van der Waals surface area (Å²) in [5.74, 6) is -0.163. The fourth-order valence-electron chi connectivity index (χ4n) is 4.08. The van der Waals surface area contributed by atoms with Gasteiger partial charge in [-0.1, -0.05) is 6.07 Å². The third kappa shape index (κ3) is 5.07. The molecular formula is C21H27N3O6S. The summed E-state index contributed by atoms with van der Waals surface area (Å²) in [6, 6.07) is 5.15. The average Bonchev–Trinajstić information content (AvgIpc) is 2.79. The lowest BCUT2D eigenvalue weighted by Gasteiger charge is -2.43. The van der Waals surface area contributed by atoms with Crippen LogP contribution in [0.2, 0.25) is 0 Å². The smallest absolute Gasteiger partial charge is 0.308 e. The molecular weight excluding hydrogens is 422 g/mol. The Balaban J connectivity index is 1.57. The van der Waals surface area contributed by atoms with Crippen molar-refractivity contribution in [2.45, 2.75) is 31.8 Å². The number of thiocarbonyl (C=S) groups is 1. The largest absolute Gasteiger partial charge is 0.493 e. The maximum atomic E-state index is 13.0. The molecule has 1 saturated heterocycles. The molecule has 0 bridgehead atoms. The molecule has 2 fully saturated rings. The van der Waals surface area contributed by atoms with E-state index >= 15 is 0 Å². The highest BCUT2D eigenvalue weighted by Gasteiger charge is 2.44. The molecule has 0 aromatic heterocycles. The lowest BCUT2D eigenvalue weighted by atomic mass is 9.76. The third-order valence-corrected chi connectivity index (χ3v) is 6.10. The molecule has 3 unspecified atom stereocenters. The van der Waals surface area contributed by atoms with Crippen molar-refractivity contribution in [3.63, 3.8) is 0 Å². The number of benzene rings is 1. The number of methoxy groups -OCH3 is 3. The van der Waals surface area contributed by atoms with Crippen LogP contribution in [0.25, 0.3) is 0 Å². The molecule has 1 aromatic rings. The molecule has 3 atom stereocenters. The molecule has 3 rings (SSSR count). The average molecular weight is 450 g/mol. The number of carbonyl (C=O) groups excluding carboxylic acids is 3. The summed E-state index contributed by atoms with van der Waals surface area (Å²) >= 11 is 5.33. The van der Waals surface area contributed by atoms with Gasteiger partial charge in [-0.3, -0.25) is 19.3 Å². The minimum Gasteiger partial charge on any atom is -0.493 e. The molecule has 1 heterocycles. The van der Waals surface area contributed by atoms with Crippen molar-refractivity contribution >= 4 is 35.1 Å². The minimum absolute atomic E-state index is 0.165. The number of esters is 1. The van der Waals surface area contributed by atoms with Crippen molar-refractivity contribution in [3.8, 4) is 11.5 Å². The first-order chi connectivity index (χ1) is 14.9. The fourth-order valence-corrected chi connectivity index (χ4v) is 4.39. The topological polar surface area (TPSA) is 106 Å². The van der Waals surface area contributed by atoms with Crippen molar-refractivity contribution in [2.24, 2.45) is 11.8 Å². The first-order valence-electron chi connectivity index (χ1n) is 10.0. The summed E-state index contributed by atoms with van der Waals surface area (Å²) < 4.78 is 15.3. The number of rotatable bonds is 7. The zero-order valence-electron chi connectivity index (χ0n) is 17.8. The summed E-state index contributed by atoms with van der Waals surface area (Å²) in [4.78, 5) is 38.6. The van der Waals surface area contributed by atoms with E-state index in [-0.39, 0.29) is 53.9 Å². The monoisotopic (exact) mass is 449 g/mol. The molecule has 9 nitrogen and oxygen atoms in total. The molecule has 2 amide bonds. The van der Waals surface area contributed by atoms with Gasteiger partial charge in [0.25, 0.3) is 0 Å². The third-order valence-electron chi connectivity index (χ3n) is 5.76. The Kier molecular flexibility index (Phi) is 7.32. The van der Waals surface area contributed by atoms with Crippen molar-refractivity contribution in [1.29, 1.82) is 0 Å². The number of hydrogen-bond acceptors (Lipinski definition) is 7. The zero-order valence-corrected chi connectivity index (χ0v) is 18.6. The highest BCUT2D eigenvalue weighted by molar-refractivity contribution is 7.80. The van der Waals surface area contributed by atoms with Gasteiger partial charge in [0.2, 0.25) is 11.8 Å². The van der Waals surface area contributed by atoms with Crippen LogP contribution in [0.4, 0.5) is 0 Å². The van der Waals surface area contributed by atoms with Crippen LogP contribution < -0.4 is 20.1 Å². The fraction of sp³-hybridized carbons (Fsp3) is 0.524. The number of nitrogens with zero attached hydrogens (tertiary/aromatic N) is 1. The lowest BCUT2D eigenvalue weighted by Crippen LogP contribution is -2.63. The van der Waals surface area contributed by atoms with E-state index in [1.165, 1.54) is 12.0 Å². The van der Waals surface area contributed by atoms with E-state index in [2.05, 4.69) is 10.6 Å². The standard InChI is InChI=1S/C21H27N3O6S/c1-28-16-7-4-12(8-17(16)29-2)10-22-18(25)11-24-19(26)14-6-5-13(20(27)30-3)9-15(14)23-21(24)31/h4,7-8,13-15H,5-6,9-11H2,1-3H3,(H,22,25)(H,23,31). The Morgan fingerprint density at radius 1 is 1.19 bits per heavy atom. The molecule has 1 aliphatic carbocycles. The van der Waals surface area contributed by atoms with Gasteiger partial charge in [-0.05, 0) is 49.2 Å². The highest BCUT2D eigenvalue weighted by atomic mass is 32.1. The van der Waals surface area contributed by atoms with Crippen molar-refractivity contribution < 1.29 is 28.6 Å². The zero-order chi connectivity index (χ0) is 22.5. The van der Waals surface area contributed by atoms with E-state index in [0.29, 0.717) is 30.8 Å². The molecule has 168 valence electrons. The maximum Gasteiger partial charge on any atom is 0.308 e. The number of ether oxygens (including phenoxy) is 3. The number of hydrogen-bond donors (Lipinski definition) is 2. The van der Waals surface area contributed by atoms with Crippen LogP contribution in [0.3, 0.4) is 0 Å². The van der Waals surface area contributed by atoms with Gasteiger partial charge in [0.05, 0.1) is 33.2 Å². The maximum absolute atomic E-state index is 13.0. The summed E-state index contributed by atoms with van der Waals surface area (Å²) in [7, 11) is 4.46. The summed E-state index contributed by atoms with van der Waals surface area (Å²) in [5, 5.41) is 6.14. The van der Waals surface area contributed by atoms with Crippen LogP contribution in [0.5, 0.6) is 11.5 Å². The molecule has 2 N–H and O–H groups in total. The van der Waals surface area contributed by atoms with Gasteiger partial charge in [0, 0.05) is 12.6 Å². The molecule has 0 spiro atoms. The van der Waals surface area contributed by atoms with Crippen molar-refractivity contribution in [1.82, 2.24) is 15.5 Å². The molecule has 2 aliphatic rings. The van der Waals surface area contributed by atoms with Crippen LogP contribution in [0.15, 0.2) is 18.2 Å². The first kappa shape index (κ1) is 22.8. The Morgan fingerprint density at radius 3 is 2.61 bits per heavy atom. The molecule has 1 aliphatic heterocycles. The molecule has 10 heteroatoms.